The van der Waals surface area contributed by atoms with E-state index in [1.54, 1.807) is 6.20 Å². The van der Waals surface area contributed by atoms with Crippen molar-refractivity contribution in [3.8, 4) is 17.2 Å². The summed E-state index contributed by atoms with van der Waals surface area (Å²) in [5.41, 5.74) is 0.311. The van der Waals surface area contributed by atoms with Gasteiger partial charge in [0.15, 0.2) is 17.3 Å². The summed E-state index contributed by atoms with van der Waals surface area (Å²) in [4.78, 5) is 28.6. The highest BCUT2D eigenvalue weighted by Gasteiger charge is 2.18. The smallest absolute Gasteiger partial charge is 0.316 e. The van der Waals surface area contributed by atoms with Crippen LogP contribution in [0.5, 0.6) is 17.2 Å². The summed E-state index contributed by atoms with van der Waals surface area (Å²) in [7, 11) is 4.39. The molecule has 32 heavy (non-hydrogen) atoms. The lowest BCUT2D eigenvalue weighted by atomic mass is 10.1. The maximum absolute atomic E-state index is 12.4. The second-order valence-corrected chi connectivity index (χ2v) is 6.73. The maximum atomic E-state index is 12.4. The summed E-state index contributed by atoms with van der Waals surface area (Å²) in [5, 5.41) is 13.5. The van der Waals surface area contributed by atoms with E-state index >= 15 is 0 Å². The molecule has 0 aliphatic heterocycles. The Balaban J connectivity index is 1.50. The molecule has 2 N–H and O–H groups in total. The number of aromatic nitrogens is 4. The third-order valence-corrected chi connectivity index (χ3v) is 4.39. The maximum Gasteiger partial charge on any atom is 0.316 e. The van der Waals surface area contributed by atoms with Gasteiger partial charge in [-0.2, -0.15) is 10.1 Å². The normalized spacial score (nSPS) is 10.5. The van der Waals surface area contributed by atoms with Crippen molar-refractivity contribution in [2.45, 2.75) is 6.54 Å². The van der Waals surface area contributed by atoms with Gasteiger partial charge in [0.2, 0.25) is 5.75 Å². The second kappa shape index (κ2) is 10.5. The van der Waals surface area contributed by atoms with Crippen molar-refractivity contribution in [1.29, 1.82) is 0 Å². The minimum absolute atomic E-state index is 0.140. The highest BCUT2D eigenvalue weighted by atomic mass is 35.5. The molecule has 0 spiro atoms. The van der Waals surface area contributed by atoms with E-state index in [0.29, 0.717) is 27.8 Å². The van der Waals surface area contributed by atoms with Gasteiger partial charge in [-0.25, -0.2) is 0 Å². The van der Waals surface area contributed by atoms with E-state index in [-0.39, 0.29) is 37.3 Å². The first-order chi connectivity index (χ1) is 15.4. The molecule has 1 aromatic carbocycles. The van der Waals surface area contributed by atoms with E-state index in [4.69, 9.17) is 30.3 Å². The third-order valence-electron chi connectivity index (χ3n) is 4.19. The zero-order valence-corrected chi connectivity index (χ0v) is 18.3. The van der Waals surface area contributed by atoms with Crippen LogP contribution in [-0.4, -0.2) is 66.2 Å². The molecular weight excluding hydrogens is 444 g/mol. The Morgan fingerprint density at radius 2 is 1.72 bits per heavy atom. The summed E-state index contributed by atoms with van der Waals surface area (Å²) in [5.74, 6) is 0.221. The van der Waals surface area contributed by atoms with Crippen LogP contribution in [0.2, 0.25) is 5.02 Å². The SMILES string of the molecule is COc1cc(C(=O)NCCNC(=O)c2nc(Cn3cc(Cl)cn3)no2)cc(OC)c1OC. The third kappa shape index (κ3) is 5.46. The Kier molecular flexibility index (Phi) is 7.49. The molecule has 0 radical (unpaired) electrons. The topological polar surface area (TPSA) is 143 Å². The number of halogens is 1. The molecular formula is C19H21ClN6O6. The van der Waals surface area contributed by atoms with Crippen LogP contribution >= 0.6 is 11.6 Å². The predicted molar refractivity (Wildman–Crippen MR) is 111 cm³/mol. The number of amides is 2. The van der Waals surface area contributed by atoms with Gasteiger partial charge in [0.25, 0.3) is 5.91 Å². The fraction of sp³-hybridized carbons (Fsp3) is 0.316. The standard InChI is InChI=1S/C19H21ClN6O6/c1-29-13-6-11(7-14(30-2)16(13)31-3)17(27)21-4-5-22-18(28)19-24-15(25-32-19)10-26-9-12(20)8-23-26/h6-9H,4-5,10H2,1-3H3,(H,21,27)(H,22,28). The monoisotopic (exact) mass is 464 g/mol. The molecule has 13 heteroatoms. The largest absolute Gasteiger partial charge is 0.493 e. The number of benzene rings is 1. The number of rotatable bonds is 10. The molecule has 2 aromatic heterocycles. The molecule has 12 nitrogen and oxygen atoms in total. The van der Waals surface area contributed by atoms with Crippen LogP contribution in [0.1, 0.15) is 26.9 Å². The van der Waals surface area contributed by atoms with Crippen molar-refractivity contribution in [2.75, 3.05) is 34.4 Å². The van der Waals surface area contributed by atoms with Gasteiger partial charge < -0.3 is 29.4 Å². The summed E-state index contributed by atoms with van der Waals surface area (Å²) in [6.07, 6.45) is 3.07. The van der Waals surface area contributed by atoms with Crippen LogP contribution in [0, 0.1) is 0 Å². The molecule has 0 unspecified atom stereocenters. The second-order valence-electron chi connectivity index (χ2n) is 6.30. The highest BCUT2D eigenvalue weighted by molar-refractivity contribution is 6.30. The molecule has 3 aromatic rings. The predicted octanol–water partition coefficient (Wildman–Crippen LogP) is 1.15. The van der Waals surface area contributed by atoms with E-state index < -0.39 is 5.91 Å². The number of carbonyl (C=O) groups excluding carboxylic acids is 2. The Morgan fingerprint density at radius 1 is 1.06 bits per heavy atom. The first kappa shape index (κ1) is 22.9. The Bertz CT molecular complexity index is 1070. The zero-order chi connectivity index (χ0) is 23.1. The average molecular weight is 465 g/mol. The molecule has 0 aliphatic carbocycles. The van der Waals surface area contributed by atoms with Crippen LogP contribution in [-0.2, 0) is 6.54 Å². The molecule has 170 valence electrons. The summed E-state index contributed by atoms with van der Waals surface area (Å²) >= 11 is 5.80. The van der Waals surface area contributed by atoms with Crippen molar-refractivity contribution in [3.05, 3.63) is 46.8 Å². The fourth-order valence-corrected chi connectivity index (χ4v) is 2.88. The Labute approximate surface area is 187 Å². The lowest BCUT2D eigenvalue weighted by Crippen LogP contribution is -2.34. The van der Waals surface area contributed by atoms with Crippen LogP contribution in [0.15, 0.2) is 29.0 Å². The van der Waals surface area contributed by atoms with Crippen molar-refractivity contribution in [2.24, 2.45) is 0 Å². The van der Waals surface area contributed by atoms with Gasteiger partial charge in [0.1, 0.15) is 6.54 Å². The van der Waals surface area contributed by atoms with Crippen molar-refractivity contribution in [3.63, 3.8) is 0 Å². The van der Waals surface area contributed by atoms with Crippen molar-refractivity contribution >= 4 is 23.4 Å². The molecule has 2 amide bonds. The number of ether oxygens (including phenoxy) is 3. The van der Waals surface area contributed by atoms with E-state index in [2.05, 4.69) is 25.9 Å². The molecule has 0 aliphatic rings. The fourth-order valence-electron chi connectivity index (χ4n) is 2.72. The molecule has 0 atom stereocenters. The lowest BCUT2D eigenvalue weighted by Gasteiger charge is -2.14. The van der Waals surface area contributed by atoms with Gasteiger partial charge >= 0.3 is 11.8 Å². The van der Waals surface area contributed by atoms with Crippen LogP contribution in [0.4, 0.5) is 0 Å². The minimum atomic E-state index is -0.565. The van der Waals surface area contributed by atoms with Gasteiger partial charge in [-0.3, -0.25) is 14.3 Å². The minimum Gasteiger partial charge on any atom is -0.493 e. The Morgan fingerprint density at radius 3 is 2.28 bits per heavy atom. The lowest BCUT2D eigenvalue weighted by molar-refractivity contribution is 0.0898. The quantitative estimate of drug-likeness (QED) is 0.422. The first-order valence-electron chi connectivity index (χ1n) is 9.32. The summed E-state index contributed by atoms with van der Waals surface area (Å²) < 4.78 is 22.2. The molecule has 0 saturated carbocycles. The van der Waals surface area contributed by atoms with Gasteiger partial charge in [-0.05, 0) is 12.1 Å². The number of methoxy groups -OCH3 is 3. The number of nitrogens with zero attached hydrogens (tertiary/aromatic N) is 4. The van der Waals surface area contributed by atoms with Crippen LogP contribution < -0.4 is 24.8 Å². The Hall–Kier alpha value is -3.80. The number of nitrogens with one attached hydrogen (secondary N) is 2. The molecule has 3 rings (SSSR count). The summed E-state index contributed by atoms with van der Waals surface area (Å²) in [6, 6.07) is 3.06. The van der Waals surface area contributed by atoms with E-state index in [9.17, 15) is 9.59 Å². The zero-order valence-electron chi connectivity index (χ0n) is 17.5. The van der Waals surface area contributed by atoms with E-state index in [1.807, 2.05) is 0 Å². The first-order valence-corrected chi connectivity index (χ1v) is 9.70. The number of hydrogen-bond donors (Lipinski definition) is 2. The molecule has 0 bridgehead atoms. The van der Waals surface area contributed by atoms with E-state index in [1.165, 1.54) is 44.3 Å². The van der Waals surface area contributed by atoms with Crippen LogP contribution in [0.3, 0.4) is 0 Å². The van der Waals surface area contributed by atoms with Gasteiger partial charge in [-0.1, -0.05) is 16.8 Å². The average Bonchev–Trinajstić information content (AvgIpc) is 3.44. The molecule has 2 heterocycles. The van der Waals surface area contributed by atoms with Crippen molar-refractivity contribution < 1.29 is 28.3 Å². The van der Waals surface area contributed by atoms with E-state index in [0.717, 1.165) is 0 Å². The molecule has 0 fully saturated rings. The molecule has 0 saturated heterocycles. The number of carbonyl (C=O) groups is 2. The van der Waals surface area contributed by atoms with Gasteiger partial charge in [0.05, 0.1) is 32.5 Å². The highest BCUT2D eigenvalue weighted by Crippen LogP contribution is 2.38. The summed E-state index contributed by atoms with van der Waals surface area (Å²) in [6.45, 7) is 0.504. The van der Waals surface area contributed by atoms with Crippen molar-refractivity contribution in [1.82, 2.24) is 30.6 Å². The number of hydrogen-bond acceptors (Lipinski definition) is 9. The van der Waals surface area contributed by atoms with Gasteiger partial charge in [0, 0.05) is 24.8 Å². The van der Waals surface area contributed by atoms with Crippen LogP contribution in [0.25, 0.3) is 0 Å². The van der Waals surface area contributed by atoms with Gasteiger partial charge in [-0.15, -0.1) is 0 Å².